The van der Waals surface area contributed by atoms with Crippen molar-refractivity contribution in [3.63, 3.8) is 0 Å². The quantitative estimate of drug-likeness (QED) is 0.772. The van der Waals surface area contributed by atoms with E-state index >= 15 is 0 Å². The SMILES string of the molecule is CC(=O)C(COS(C)(=O)=O)c1ccc(Cl)cc1. The lowest BCUT2D eigenvalue weighted by Crippen LogP contribution is -2.18. The zero-order valence-electron chi connectivity index (χ0n) is 9.51. The predicted molar refractivity (Wildman–Crippen MR) is 65.7 cm³/mol. The van der Waals surface area contributed by atoms with Gasteiger partial charge in [-0.1, -0.05) is 23.7 Å². The van der Waals surface area contributed by atoms with Gasteiger partial charge < -0.3 is 0 Å². The second-order valence-corrected chi connectivity index (χ2v) is 5.78. The summed E-state index contributed by atoms with van der Waals surface area (Å²) in [4.78, 5) is 11.4. The fourth-order valence-corrected chi connectivity index (χ4v) is 1.84. The Labute approximate surface area is 106 Å². The molecular formula is C11H13ClO4S. The van der Waals surface area contributed by atoms with Gasteiger partial charge >= 0.3 is 0 Å². The highest BCUT2D eigenvalue weighted by atomic mass is 35.5. The van der Waals surface area contributed by atoms with Gasteiger partial charge in [0, 0.05) is 5.02 Å². The van der Waals surface area contributed by atoms with Crippen LogP contribution in [0, 0.1) is 0 Å². The molecule has 0 spiro atoms. The molecule has 0 bridgehead atoms. The molecule has 1 atom stereocenters. The van der Waals surface area contributed by atoms with Crippen LogP contribution in [0.3, 0.4) is 0 Å². The zero-order chi connectivity index (χ0) is 13.1. The summed E-state index contributed by atoms with van der Waals surface area (Å²) in [6, 6.07) is 6.65. The van der Waals surface area contributed by atoms with Gasteiger partial charge in [-0.3, -0.25) is 8.98 Å². The van der Waals surface area contributed by atoms with E-state index in [1.165, 1.54) is 6.92 Å². The third-order valence-corrected chi connectivity index (χ3v) is 3.03. The number of Topliss-reactive ketones (excluding diaryl/α,β-unsaturated/α-hetero) is 1. The van der Waals surface area contributed by atoms with Gasteiger partial charge in [-0.05, 0) is 24.6 Å². The van der Waals surface area contributed by atoms with Gasteiger partial charge in [0.05, 0.1) is 18.8 Å². The second-order valence-electron chi connectivity index (χ2n) is 3.70. The largest absolute Gasteiger partial charge is 0.299 e. The van der Waals surface area contributed by atoms with E-state index in [0.29, 0.717) is 10.6 Å². The third-order valence-electron chi connectivity index (χ3n) is 2.21. The standard InChI is InChI=1S/C11H13ClO4S/c1-8(13)11(7-16-17(2,14)15)9-3-5-10(12)6-4-9/h3-6,11H,7H2,1-2H3. The Morgan fingerprint density at radius 1 is 1.35 bits per heavy atom. The van der Waals surface area contributed by atoms with Crippen LogP contribution in [0.15, 0.2) is 24.3 Å². The van der Waals surface area contributed by atoms with Gasteiger partial charge in [0.25, 0.3) is 10.1 Å². The molecule has 0 fully saturated rings. The number of hydrogen-bond acceptors (Lipinski definition) is 4. The molecule has 0 aliphatic heterocycles. The number of carbonyl (C=O) groups is 1. The van der Waals surface area contributed by atoms with Gasteiger partial charge in [0.2, 0.25) is 0 Å². The first-order valence-corrected chi connectivity index (χ1v) is 7.09. The lowest BCUT2D eigenvalue weighted by molar-refractivity contribution is -0.119. The Balaban J connectivity index is 2.87. The first kappa shape index (κ1) is 14.2. The monoisotopic (exact) mass is 276 g/mol. The van der Waals surface area contributed by atoms with Crippen molar-refractivity contribution < 1.29 is 17.4 Å². The first-order valence-electron chi connectivity index (χ1n) is 4.90. The smallest absolute Gasteiger partial charge is 0.264 e. The summed E-state index contributed by atoms with van der Waals surface area (Å²) < 4.78 is 26.4. The zero-order valence-corrected chi connectivity index (χ0v) is 11.1. The fourth-order valence-electron chi connectivity index (χ4n) is 1.34. The molecule has 0 heterocycles. The normalized spacial score (nSPS) is 13.4. The van der Waals surface area contributed by atoms with Crippen LogP contribution in [0.1, 0.15) is 18.4 Å². The van der Waals surface area contributed by atoms with Crippen LogP contribution in [0.4, 0.5) is 0 Å². The van der Waals surface area contributed by atoms with Crippen molar-refractivity contribution in [1.82, 2.24) is 0 Å². The van der Waals surface area contributed by atoms with Gasteiger partial charge in [-0.25, -0.2) is 0 Å². The van der Waals surface area contributed by atoms with E-state index in [0.717, 1.165) is 6.26 Å². The van der Waals surface area contributed by atoms with E-state index < -0.39 is 16.0 Å². The Kier molecular flexibility index (Phi) is 4.68. The van der Waals surface area contributed by atoms with Crippen molar-refractivity contribution in [3.8, 4) is 0 Å². The van der Waals surface area contributed by atoms with E-state index in [2.05, 4.69) is 4.18 Å². The molecule has 1 unspecified atom stereocenters. The Morgan fingerprint density at radius 2 is 1.88 bits per heavy atom. The maximum atomic E-state index is 11.4. The molecule has 4 nitrogen and oxygen atoms in total. The molecule has 0 aliphatic carbocycles. The van der Waals surface area contributed by atoms with E-state index in [4.69, 9.17) is 11.6 Å². The Hall–Kier alpha value is -0.910. The van der Waals surface area contributed by atoms with E-state index in [1.807, 2.05) is 0 Å². The van der Waals surface area contributed by atoms with Crippen molar-refractivity contribution in [2.45, 2.75) is 12.8 Å². The fraction of sp³-hybridized carbons (Fsp3) is 0.364. The van der Waals surface area contributed by atoms with E-state index in [9.17, 15) is 13.2 Å². The summed E-state index contributed by atoms with van der Waals surface area (Å²) in [5.41, 5.74) is 0.686. The second kappa shape index (κ2) is 5.62. The summed E-state index contributed by atoms with van der Waals surface area (Å²) in [6.07, 6.45) is 0.950. The highest BCUT2D eigenvalue weighted by molar-refractivity contribution is 7.85. The molecule has 1 aromatic rings. The van der Waals surface area contributed by atoms with Crippen LogP contribution >= 0.6 is 11.6 Å². The molecule has 0 saturated heterocycles. The van der Waals surface area contributed by atoms with E-state index in [1.54, 1.807) is 24.3 Å². The minimum Gasteiger partial charge on any atom is -0.299 e. The number of rotatable bonds is 5. The summed E-state index contributed by atoms with van der Waals surface area (Å²) in [6.45, 7) is 1.21. The summed E-state index contributed by atoms with van der Waals surface area (Å²) in [7, 11) is -3.55. The Bertz CT molecular complexity index is 493. The van der Waals surface area contributed by atoms with Crippen LogP contribution in [-0.2, 0) is 19.1 Å². The van der Waals surface area contributed by atoms with Crippen molar-refractivity contribution >= 4 is 27.5 Å². The number of halogens is 1. The van der Waals surface area contributed by atoms with Crippen LogP contribution in [0.2, 0.25) is 5.02 Å². The highest BCUT2D eigenvalue weighted by Gasteiger charge is 2.19. The minimum atomic E-state index is -3.55. The van der Waals surface area contributed by atoms with Crippen LogP contribution < -0.4 is 0 Å². The lowest BCUT2D eigenvalue weighted by Gasteiger charge is -2.13. The number of hydrogen-bond donors (Lipinski definition) is 0. The average Bonchev–Trinajstić information content (AvgIpc) is 2.18. The molecule has 0 saturated carbocycles. The van der Waals surface area contributed by atoms with Crippen molar-refractivity contribution in [2.75, 3.05) is 12.9 Å². The number of benzene rings is 1. The first-order chi connectivity index (χ1) is 7.79. The third kappa shape index (κ3) is 4.85. The number of ketones is 1. The molecule has 0 N–H and O–H groups in total. The molecule has 6 heteroatoms. The van der Waals surface area contributed by atoms with Gasteiger partial charge in [0.1, 0.15) is 5.78 Å². The predicted octanol–water partition coefficient (Wildman–Crippen LogP) is 1.99. The molecule has 0 aromatic heterocycles. The minimum absolute atomic E-state index is 0.157. The molecule has 17 heavy (non-hydrogen) atoms. The van der Waals surface area contributed by atoms with Crippen molar-refractivity contribution in [1.29, 1.82) is 0 Å². The summed E-state index contributed by atoms with van der Waals surface area (Å²) >= 11 is 5.73. The molecule has 94 valence electrons. The lowest BCUT2D eigenvalue weighted by atomic mass is 9.97. The molecule has 0 radical (unpaired) electrons. The van der Waals surface area contributed by atoms with Crippen LogP contribution in [0.25, 0.3) is 0 Å². The molecule has 0 amide bonds. The van der Waals surface area contributed by atoms with Crippen LogP contribution in [0.5, 0.6) is 0 Å². The highest BCUT2D eigenvalue weighted by Crippen LogP contribution is 2.20. The van der Waals surface area contributed by atoms with Crippen molar-refractivity contribution in [3.05, 3.63) is 34.9 Å². The van der Waals surface area contributed by atoms with Gasteiger partial charge in [0.15, 0.2) is 0 Å². The summed E-state index contributed by atoms with van der Waals surface area (Å²) in [5.74, 6) is -0.752. The van der Waals surface area contributed by atoms with Gasteiger partial charge in [-0.2, -0.15) is 8.42 Å². The Morgan fingerprint density at radius 3 is 2.29 bits per heavy atom. The van der Waals surface area contributed by atoms with Crippen molar-refractivity contribution in [2.24, 2.45) is 0 Å². The molecular weight excluding hydrogens is 264 g/mol. The topological polar surface area (TPSA) is 60.4 Å². The molecule has 0 aliphatic rings. The maximum Gasteiger partial charge on any atom is 0.264 e. The molecule has 1 rings (SSSR count). The van der Waals surface area contributed by atoms with E-state index in [-0.39, 0.29) is 12.4 Å². The van der Waals surface area contributed by atoms with Gasteiger partial charge in [-0.15, -0.1) is 0 Å². The maximum absolute atomic E-state index is 11.4. The van der Waals surface area contributed by atoms with Crippen LogP contribution in [-0.4, -0.2) is 27.1 Å². The average molecular weight is 277 g/mol. The molecule has 1 aromatic carbocycles. The number of carbonyl (C=O) groups excluding carboxylic acids is 1. The summed E-state index contributed by atoms with van der Waals surface area (Å²) in [5, 5.41) is 0.556.